The normalized spacial score (nSPS) is 11.3. The first kappa shape index (κ1) is 12.1. The van der Waals surface area contributed by atoms with Gasteiger partial charge in [0.2, 0.25) is 0 Å². The molecule has 5 heteroatoms. The Kier molecular flexibility index (Phi) is 3.19. The van der Waals surface area contributed by atoms with Crippen molar-refractivity contribution in [2.75, 3.05) is 0 Å². The highest BCUT2D eigenvalue weighted by atomic mass is 79.9. The van der Waals surface area contributed by atoms with Crippen molar-refractivity contribution < 1.29 is 4.42 Å². The first-order valence-corrected chi connectivity index (χ1v) is 6.11. The minimum Gasteiger partial charge on any atom is -0.372 e. The number of halogens is 1. The molecule has 0 amide bonds. The first-order chi connectivity index (χ1) is 7.99. The zero-order chi connectivity index (χ0) is 12.6. The van der Waals surface area contributed by atoms with E-state index in [1.807, 2.05) is 13.8 Å². The Morgan fingerprint density at radius 3 is 2.71 bits per heavy atom. The molecule has 1 heterocycles. The Bertz CT molecular complexity index is 669. The molecule has 90 valence electrons. The summed E-state index contributed by atoms with van der Waals surface area (Å²) in [5.41, 5.74) is 0.0226. The minimum atomic E-state index is -0.599. The fraction of sp³-hybridized carbons (Fsp3) is 0.333. The van der Waals surface area contributed by atoms with Gasteiger partial charge in [-0.3, -0.25) is 4.57 Å². The van der Waals surface area contributed by atoms with Crippen molar-refractivity contribution in [3.8, 4) is 0 Å². The van der Waals surface area contributed by atoms with Gasteiger partial charge < -0.3 is 4.42 Å². The van der Waals surface area contributed by atoms with E-state index in [1.54, 1.807) is 18.2 Å². The second-order valence-corrected chi connectivity index (χ2v) is 5.24. The van der Waals surface area contributed by atoms with Gasteiger partial charge in [0.15, 0.2) is 0 Å². The Balaban J connectivity index is 2.83. The average molecular weight is 298 g/mol. The van der Waals surface area contributed by atoms with Crippen LogP contribution in [0.5, 0.6) is 0 Å². The van der Waals surface area contributed by atoms with Crippen molar-refractivity contribution in [3.63, 3.8) is 0 Å². The SMILES string of the molecule is CC(C)Cn1c(=O)oc(=O)c2cc(Br)ccc21. The van der Waals surface area contributed by atoms with E-state index < -0.39 is 11.4 Å². The van der Waals surface area contributed by atoms with Crippen LogP contribution in [0.1, 0.15) is 13.8 Å². The molecule has 4 nitrogen and oxygen atoms in total. The third-order valence-corrected chi connectivity index (χ3v) is 2.91. The highest BCUT2D eigenvalue weighted by molar-refractivity contribution is 9.10. The van der Waals surface area contributed by atoms with E-state index in [2.05, 4.69) is 15.9 Å². The number of aromatic nitrogens is 1. The van der Waals surface area contributed by atoms with Crippen LogP contribution in [0.15, 0.2) is 36.7 Å². The van der Waals surface area contributed by atoms with E-state index in [9.17, 15) is 9.59 Å². The number of hydrogen-bond acceptors (Lipinski definition) is 3. The number of rotatable bonds is 2. The molecule has 0 bridgehead atoms. The van der Waals surface area contributed by atoms with Crippen LogP contribution in [0.2, 0.25) is 0 Å². The van der Waals surface area contributed by atoms with Crippen LogP contribution >= 0.6 is 15.9 Å². The fourth-order valence-corrected chi connectivity index (χ4v) is 2.09. The summed E-state index contributed by atoms with van der Waals surface area (Å²) < 4.78 is 6.99. The van der Waals surface area contributed by atoms with E-state index in [1.165, 1.54) is 4.57 Å². The van der Waals surface area contributed by atoms with Crippen molar-refractivity contribution in [2.45, 2.75) is 20.4 Å². The summed E-state index contributed by atoms with van der Waals surface area (Å²) in [4.78, 5) is 23.2. The maximum absolute atomic E-state index is 11.7. The highest BCUT2D eigenvalue weighted by Gasteiger charge is 2.10. The predicted molar refractivity (Wildman–Crippen MR) is 69.3 cm³/mol. The summed E-state index contributed by atoms with van der Waals surface area (Å²) >= 11 is 3.29. The van der Waals surface area contributed by atoms with Crippen molar-refractivity contribution in [2.24, 2.45) is 5.92 Å². The molecule has 0 spiro atoms. The van der Waals surface area contributed by atoms with Gasteiger partial charge in [-0.25, -0.2) is 9.59 Å². The molecule has 2 rings (SSSR count). The van der Waals surface area contributed by atoms with E-state index in [-0.39, 0.29) is 0 Å². The lowest BCUT2D eigenvalue weighted by molar-refractivity contribution is 0.393. The van der Waals surface area contributed by atoms with Crippen LogP contribution in [0.25, 0.3) is 10.9 Å². The van der Waals surface area contributed by atoms with Crippen molar-refractivity contribution in [1.82, 2.24) is 4.57 Å². The van der Waals surface area contributed by atoms with E-state index in [0.717, 1.165) is 4.47 Å². The summed E-state index contributed by atoms with van der Waals surface area (Å²) in [5.74, 6) is -0.300. The molecule has 0 aliphatic rings. The molecule has 1 aromatic carbocycles. The monoisotopic (exact) mass is 297 g/mol. The van der Waals surface area contributed by atoms with Crippen molar-refractivity contribution in [3.05, 3.63) is 43.6 Å². The number of fused-ring (bicyclic) bond motifs is 1. The lowest BCUT2D eigenvalue weighted by atomic mass is 10.2. The molecule has 2 aromatic rings. The molecule has 0 aliphatic carbocycles. The Hall–Kier alpha value is -1.36. The summed E-state index contributed by atoms with van der Waals surface area (Å²) in [6.07, 6.45) is 0. The molecule has 1 aromatic heterocycles. The van der Waals surface area contributed by atoms with Crippen molar-refractivity contribution in [1.29, 1.82) is 0 Å². The zero-order valence-corrected chi connectivity index (χ0v) is 11.2. The van der Waals surface area contributed by atoms with Gasteiger partial charge in [-0.15, -0.1) is 0 Å². The maximum Gasteiger partial charge on any atom is 0.422 e. The average Bonchev–Trinajstić information content (AvgIpc) is 2.24. The van der Waals surface area contributed by atoms with Gasteiger partial charge in [-0.05, 0) is 24.1 Å². The predicted octanol–water partition coefficient (Wildman–Crippen LogP) is 2.37. The molecule has 0 saturated heterocycles. The second-order valence-electron chi connectivity index (χ2n) is 4.32. The van der Waals surface area contributed by atoms with Crippen LogP contribution in [-0.4, -0.2) is 4.57 Å². The zero-order valence-electron chi connectivity index (χ0n) is 9.57. The van der Waals surface area contributed by atoms with Gasteiger partial charge in [0.1, 0.15) is 0 Å². The van der Waals surface area contributed by atoms with E-state index in [4.69, 9.17) is 4.42 Å². The summed E-state index contributed by atoms with van der Waals surface area (Å²) in [6.45, 7) is 4.53. The number of hydrogen-bond donors (Lipinski definition) is 0. The molecule has 17 heavy (non-hydrogen) atoms. The standard InChI is InChI=1S/C12H12BrNO3/c1-7(2)6-14-10-4-3-8(13)5-9(10)11(15)17-12(14)16/h3-5,7H,6H2,1-2H3. The smallest absolute Gasteiger partial charge is 0.372 e. The lowest BCUT2D eigenvalue weighted by Gasteiger charge is -2.10. The Morgan fingerprint density at radius 2 is 2.06 bits per heavy atom. The molecular weight excluding hydrogens is 286 g/mol. The lowest BCUT2D eigenvalue weighted by Crippen LogP contribution is -2.26. The third-order valence-electron chi connectivity index (χ3n) is 2.42. The molecule has 0 saturated carbocycles. The summed E-state index contributed by atoms with van der Waals surface area (Å²) in [5, 5.41) is 0.416. The molecule has 0 unspecified atom stereocenters. The van der Waals surface area contributed by atoms with Gasteiger partial charge >= 0.3 is 11.4 Å². The molecule has 0 N–H and O–H groups in total. The van der Waals surface area contributed by atoms with E-state index >= 15 is 0 Å². The Morgan fingerprint density at radius 1 is 1.35 bits per heavy atom. The van der Waals surface area contributed by atoms with Crippen LogP contribution in [-0.2, 0) is 6.54 Å². The minimum absolute atomic E-state index is 0.298. The Labute approximate surface area is 106 Å². The largest absolute Gasteiger partial charge is 0.422 e. The van der Waals surface area contributed by atoms with Gasteiger partial charge in [-0.1, -0.05) is 29.8 Å². The van der Waals surface area contributed by atoms with Crippen LogP contribution in [0, 0.1) is 5.92 Å². The van der Waals surface area contributed by atoms with Gasteiger partial charge in [0.05, 0.1) is 10.9 Å². The van der Waals surface area contributed by atoms with Crippen LogP contribution in [0.4, 0.5) is 0 Å². The molecule has 0 radical (unpaired) electrons. The maximum atomic E-state index is 11.7. The molecular formula is C12H12BrNO3. The topological polar surface area (TPSA) is 52.2 Å². The number of nitrogens with zero attached hydrogens (tertiary/aromatic N) is 1. The molecule has 0 fully saturated rings. The second kappa shape index (κ2) is 4.49. The summed E-state index contributed by atoms with van der Waals surface area (Å²) in [7, 11) is 0. The van der Waals surface area contributed by atoms with Gasteiger partial charge in [0.25, 0.3) is 0 Å². The fourth-order valence-electron chi connectivity index (χ4n) is 1.73. The van der Waals surface area contributed by atoms with Crippen LogP contribution in [0.3, 0.4) is 0 Å². The van der Waals surface area contributed by atoms with Crippen LogP contribution < -0.4 is 11.4 Å². The molecule has 0 aliphatic heterocycles. The number of benzene rings is 1. The highest BCUT2D eigenvalue weighted by Crippen LogP contribution is 2.16. The first-order valence-electron chi connectivity index (χ1n) is 5.32. The summed E-state index contributed by atoms with van der Waals surface area (Å²) in [6, 6.07) is 5.22. The molecule has 0 atom stereocenters. The van der Waals surface area contributed by atoms with Gasteiger partial charge in [-0.2, -0.15) is 0 Å². The van der Waals surface area contributed by atoms with Gasteiger partial charge in [0, 0.05) is 11.0 Å². The third kappa shape index (κ3) is 2.34. The quantitative estimate of drug-likeness (QED) is 0.855. The van der Waals surface area contributed by atoms with E-state index in [0.29, 0.717) is 23.4 Å². The van der Waals surface area contributed by atoms with Crippen molar-refractivity contribution >= 4 is 26.8 Å².